The number of thiazole rings is 1. The summed E-state index contributed by atoms with van der Waals surface area (Å²) in [5.41, 5.74) is 2.92. The molecular weight excluding hydrogens is 200 g/mol. The molecule has 2 heterocycles. The quantitative estimate of drug-likeness (QED) is 0.788. The van der Waals surface area contributed by atoms with E-state index in [2.05, 4.69) is 9.88 Å². The van der Waals surface area contributed by atoms with E-state index in [1.165, 1.54) is 0 Å². The fourth-order valence-electron chi connectivity index (χ4n) is 1.59. The summed E-state index contributed by atoms with van der Waals surface area (Å²) in [4.78, 5) is 6.45. The molecule has 0 spiro atoms. The predicted molar refractivity (Wildman–Crippen MR) is 54.2 cm³/mol. The molecule has 1 unspecified atom stereocenters. The third-order valence-electron chi connectivity index (χ3n) is 2.41. The summed E-state index contributed by atoms with van der Waals surface area (Å²) >= 11 is 1.61. The van der Waals surface area contributed by atoms with Crippen LogP contribution in [-0.2, 0) is 11.3 Å². The number of hydrogen-bond acceptors (Lipinski definition) is 5. The van der Waals surface area contributed by atoms with Gasteiger partial charge in [-0.2, -0.15) is 0 Å². The summed E-state index contributed by atoms with van der Waals surface area (Å²) in [6.45, 7) is 3.23. The lowest BCUT2D eigenvalue weighted by Crippen LogP contribution is -2.46. The van der Waals surface area contributed by atoms with E-state index in [1.54, 1.807) is 11.3 Å². The summed E-state index contributed by atoms with van der Waals surface area (Å²) in [5.74, 6) is 0. The van der Waals surface area contributed by atoms with E-state index in [-0.39, 0.29) is 12.6 Å². The second-order valence-electron chi connectivity index (χ2n) is 3.36. The highest BCUT2D eigenvalue weighted by atomic mass is 32.1. The molecule has 0 aliphatic carbocycles. The Kier molecular flexibility index (Phi) is 3.47. The average molecular weight is 214 g/mol. The summed E-state index contributed by atoms with van der Waals surface area (Å²) < 4.78 is 5.30. The molecule has 1 aromatic heterocycles. The molecule has 1 aliphatic heterocycles. The van der Waals surface area contributed by atoms with Crippen molar-refractivity contribution in [1.82, 2.24) is 9.88 Å². The molecule has 14 heavy (non-hydrogen) atoms. The largest absolute Gasteiger partial charge is 0.395 e. The van der Waals surface area contributed by atoms with Crippen LogP contribution in [0.4, 0.5) is 0 Å². The van der Waals surface area contributed by atoms with E-state index < -0.39 is 0 Å². The van der Waals surface area contributed by atoms with Gasteiger partial charge in [-0.05, 0) is 0 Å². The zero-order chi connectivity index (χ0) is 9.80. The molecule has 78 valence electrons. The molecule has 0 saturated carbocycles. The van der Waals surface area contributed by atoms with Gasteiger partial charge in [0.25, 0.3) is 0 Å². The molecule has 1 N–H and O–H groups in total. The first-order valence-electron chi connectivity index (χ1n) is 4.70. The molecule has 1 fully saturated rings. The van der Waals surface area contributed by atoms with Crippen molar-refractivity contribution >= 4 is 11.3 Å². The van der Waals surface area contributed by atoms with Gasteiger partial charge in [-0.25, -0.2) is 4.98 Å². The molecule has 0 aromatic carbocycles. The standard InChI is InChI=1S/C9H14N2O2S/c12-4-9-5-13-2-1-11(9)3-8-6-14-7-10-8/h6-7,9,12H,1-5H2. The third kappa shape index (κ3) is 2.30. The first-order valence-corrected chi connectivity index (χ1v) is 5.64. The second-order valence-corrected chi connectivity index (χ2v) is 4.08. The van der Waals surface area contributed by atoms with Crippen LogP contribution in [0.25, 0.3) is 0 Å². The molecule has 1 saturated heterocycles. The zero-order valence-electron chi connectivity index (χ0n) is 7.93. The fraction of sp³-hybridized carbons (Fsp3) is 0.667. The Hall–Kier alpha value is -0.490. The van der Waals surface area contributed by atoms with Crippen molar-refractivity contribution in [1.29, 1.82) is 0 Å². The van der Waals surface area contributed by atoms with Crippen LogP contribution in [0.3, 0.4) is 0 Å². The first-order chi connectivity index (χ1) is 6.90. The van der Waals surface area contributed by atoms with Gasteiger partial charge in [0, 0.05) is 18.5 Å². The van der Waals surface area contributed by atoms with Crippen LogP contribution < -0.4 is 0 Å². The van der Waals surface area contributed by atoms with Crippen LogP contribution in [0.1, 0.15) is 5.69 Å². The summed E-state index contributed by atoms with van der Waals surface area (Å²) in [5, 5.41) is 11.2. The van der Waals surface area contributed by atoms with Gasteiger partial charge >= 0.3 is 0 Å². The maximum absolute atomic E-state index is 9.15. The molecule has 4 nitrogen and oxygen atoms in total. The summed E-state index contributed by atoms with van der Waals surface area (Å²) in [6.07, 6.45) is 0. The Balaban J connectivity index is 1.94. The number of morpholine rings is 1. The van der Waals surface area contributed by atoms with Crippen LogP contribution >= 0.6 is 11.3 Å². The molecule has 0 radical (unpaired) electrons. The monoisotopic (exact) mass is 214 g/mol. The highest BCUT2D eigenvalue weighted by Gasteiger charge is 2.22. The lowest BCUT2D eigenvalue weighted by molar-refractivity contribution is -0.0316. The highest BCUT2D eigenvalue weighted by Crippen LogP contribution is 2.11. The van der Waals surface area contributed by atoms with Crippen molar-refractivity contribution in [3.63, 3.8) is 0 Å². The number of aliphatic hydroxyl groups is 1. The van der Waals surface area contributed by atoms with E-state index in [0.717, 1.165) is 25.4 Å². The van der Waals surface area contributed by atoms with Crippen LogP contribution in [0.2, 0.25) is 0 Å². The number of aliphatic hydroxyl groups excluding tert-OH is 1. The van der Waals surface area contributed by atoms with E-state index in [4.69, 9.17) is 9.84 Å². The van der Waals surface area contributed by atoms with E-state index in [0.29, 0.717) is 6.61 Å². The van der Waals surface area contributed by atoms with Gasteiger partial charge in [0.05, 0.1) is 37.1 Å². The SMILES string of the molecule is OCC1COCCN1Cc1cscn1. The number of aromatic nitrogens is 1. The van der Waals surface area contributed by atoms with Gasteiger partial charge in [0.2, 0.25) is 0 Å². The molecular formula is C9H14N2O2S. The smallest absolute Gasteiger partial charge is 0.0795 e. The van der Waals surface area contributed by atoms with Crippen molar-refractivity contribution in [2.45, 2.75) is 12.6 Å². The number of nitrogens with zero attached hydrogens (tertiary/aromatic N) is 2. The van der Waals surface area contributed by atoms with Crippen LogP contribution in [0.15, 0.2) is 10.9 Å². The van der Waals surface area contributed by atoms with Crippen molar-refractivity contribution < 1.29 is 9.84 Å². The minimum Gasteiger partial charge on any atom is -0.395 e. The fourth-order valence-corrected chi connectivity index (χ4v) is 2.14. The predicted octanol–water partition coefficient (Wildman–Crippen LogP) is 0.336. The minimum absolute atomic E-state index is 0.130. The van der Waals surface area contributed by atoms with Gasteiger partial charge in [0.1, 0.15) is 0 Å². The summed E-state index contributed by atoms with van der Waals surface area (Å²) in [6, 6.07) is 0.130. The van der Waals surface area contributed by atoms with Gasteiger partial charge in [-0.15, -0.1) is 11.3 Å². The molecule has 0 bridgehead atoms. The van der Waals surface area contributed by atoms with Crippen LogP contribution in [0.5, 0.6) is 0 Å². The molecule has 2 rings (SSSR count). The van der Waals surface area contributed by atoms with Gasteiger partial charge in [-0.3, -0.25) is 4.90 Å². The number of hydrogen-bond donors (Lipinski definition) is 1. The molecule has 0 amide bonds. The minimum atomic E-state index is 0.130. The van der Waals surface area contributed by atoms with Crippen molar-refractivity contribution in [3.8, 4) is 0 Å². The van der Waals surface area contributed by atoms with Crippen molar-refractivity contribution in [2.24, 2.45) is 0 Å². The molecule has 1 aromatic rings. The Labute approximate surface area is 87.1 Å². The van der Waals surface area contributed by atoms with Crippen molar-refractivity contribution in [3.05, 3.63) is 16.6 Å². The zero-order valence-corrected chi connectivity index (χ0v) is 8.74. The third-order valence-corrected chi connectivity index (χ3v) is 3.04. The van der Waals surface area contributed by atoms with E-state index in [1.807, 2.05) is 10.9 Å². The molecule has 1 aliphatic rings. The van der Waals surface area contributed by atoms with Gasteiger partial charge < -0.3 is 9.84 Å². The maximum atomic E-state index is 9.15. The second kappa shape index (κ2) is 4.84. The first kappa shape index (κ1) is 10.0. The van der Waals surface area contributed by atoms with Gasteiger partial charge in [-0.1, -0.05) is 0 Å². The summed E-state index contributed by atoms with van der Waals surface area (Å²) in [7, 11) is 0. The Morgan fingerprint density at radius 1 is 1.71 bits per heavy atom. The number of rotatable bonds is 3. The van der Waals surface area contributed by atoms with Crippen LogP contribution in [-0.4, -0.2) is 47.4 Å². The van der Waals surface area contributed by atoms with E-state index >= 15 is 0 Å². The van der Waals surface area contributed by atoms with Crippen molar-refractivity contribution in [2.75, 3.05) is 26.4 Å². The Morgan fingerprint density at radius 3 is 3.36 bits per heavy atom. The van der Waals surface area contributed by atoms with Gasteiger partial charge in [0.15, 0.2) is 0 Å². The average Bonchev–Trinajstić information content (AvgIpc) is 2.71. The lowest BCUT2D eigenvalue weighted by atomic mass is 10.2. The Morgan fingerprint density at radius 2 is 2.64 bits per heavy atom. The normalized spacial score (nSPS) is 23.9. The van der Waals surface area contributed by atoms with E-state index in [9.17, 15) is 0 Å². The number of ether oxygens (including phenoxy) is 1. The Bertz CT molecular complexity index is 266. The molecule has 5 heteroatoms. The van der Waals surface area contributed by atoms with Crippen LogP contribution in [0, 0.1) is 0 Å². The topological polar surface area (TPSA) is 45.6 Å². The highest BCUT2D eigenvalue weighted by molar-refractivity contribution is 7.07. The maximum Gasteiger partial charge on any atom is 0.0795 e. The lowest BCUT2D eigenvalue weighted by Gasteiger charge is -2.33. The molecule has 1 atom stereocenters.